The molecule has 6 nitrogen and oxygen atoms in total. The molecule has 0 aliphatic heterocycles. The Bertz CT molecular complexity index is 712. The van der Waals surface area contributed by atoms with E-state index < -0.39 is 0 Å². The topological polar surface area (TPSA) is 68.5 Å². The van der Waals surface area contributed by atoms with Gasteiger partial charge < -0.3 is 5.32 Å². The Morgan fingerprint density at radius 3 is 3.10 bits per heavy atom. The minimum atomic E-state index is 0.202. The average Bonchev–Trinajstić information content (AvgIpc) is 2.91. The number of hydrogen-bond donors (Lipinski definition) is 1. The number of pyridine rings is 2. The maximum atomic E-state index is 4.42. The van der Waals surface area contributed by atoms with Crippen molar-refractivity contribution < 1.29 is 0 Å². The second-order valence-corrected chi connectivity index (χ2v) is 5.46. The van der Waals surface area contributed by atoms with Gasteiger partial charge in [-0.15, -0.1) is 0 Å². The molecule has 0 aromatic carbocycles. The summed E-state index contributed by atoms with van der Waals surface area (Å²) >= 11 is 3.41. The summed E-state index contributed by atoms with van der Waals surface area (Å²) in [6.07, 6.45) is 6.80. The second-order valence-electron chi connectivity index (χ2n) is 4.54. The largest absolute Gasteiger partial charge is 0.379 e. The van der Waals surface area contributed by atoms with E-state index in [4.69, 9.17) is 0 Å². The molecule has 1 N–H and O–H groups in total. The summed E-state index contributed by atoms with van der Waals surface area (Å²) in [5.41, 5.74) is 2.69. The Balaban J connectivity index is 1.83. The molecule has 0 saturated heterocycles. The number of rotatable bonds is 4. The predicted octanol–water partition coefficient (Wildman–Crippen LogP) is 2.48. The summed E-state index contributed by atoms with van der Waals surface area (Å²) in [6, 6.07) is 4.09. The molecule has 1 atom stereocenters. The van der Waals surface area contributed by atoms with Crippen LogP contribution in [0.5, 0.6) is 0 Å². The minimum Gasteiger partial charge on any atom is -0.379 e. The number of aromatic nitrogens is 5. The molecular weight excluding hydrogens is 320 g/mol. The Labute approximate surface area is 124 Å². The molecule has 0 fully saturated rings. The summed E-state index contributed by atoms with van der Waals surface area (Å²) in [7, 11) is 0. The number of halogens is 1. The van der Waals surface area contributed by atoms with Gasteiger partial charge in [0.25, 0.3) is 0 Å². The summed E-state index contributed by atoms with van der Waals surface area (Å²) in [6.45, 7) is 2.83. The van der Waals surface area contributed by atoms with Crippen LogP contribution in [-0.2, 0) is 6.54 Å². The van der Waals surface area contributed by atoms with Gasteiger partial charge in [-0.1, -0.05) is 0 Å². The lowest BCUT2D eigenvalue weighted by Crippen LogP contribution is -2.22. The van der Waals surface area contributed by atoms with Crippen LogP contribution in [0.25, 0.3) is 11.0 Å². The molecule has 0 radical (unpaired) electrons. The normalized spacial score (nSPS) is 12.5. The van der Waals surface area contributed by atoms with Crippen LogP contribution in [0.3, 0.4) is 0 Å². The van der Waals surface area contributed by atoms with Crippen LogP contribution in [0.2, 0.25) is 0 Å². The van der Waals surface area contributed by atoms with E-state index in [1.165, 1.54) is 6.33 Å². The molecule has 0 spiro atoms. The molecule has 20 heavy (non-hydrogen) atoms. The number of hydrogen-bond acceptors (Lipinski definition) is 5. The molecule has 0 bridgehead atoms. The Morgan fingerprint density at radius 2 is 2.30 bits per heavy atom. The standard InChI is InChI=1S/C13H13BrN6/c1-9(6-20-8-15-7-18-20)19-11-2-3-16-12-4-10(14)5-17-13(11)12/h2-5,7-9H,6H2,1H3,(H,16,19)/t9-/m1/s1. The zero-order valence-corrected chi connectivity index (χ0v) is 12.4. The Hall–Kier alpha value is -2.02. The van der Waals surface area contributed by atoms with Gasteiger partial charge in [0, 0.05) is 22.9 Å². The third-order valence-corrected chi connectivity index (χ3v) is 3.31. The van der Waals surface area contributed by atoms with Crippen LogP contribution in [-0.4, -0.2) is 30.8 Å². The number of nitrogens with zero attached hydrogens (tertiary/aromatic N) is 5. The minimum absolute atomic E-state index is 0.202. The van der Waals surface area contributed by atoms with Crippen molar-refractivity contribution in [2.45, 2.75) is 19.5 Å². The maximum absolute atomic E-state index is 4.42. The van der Waals surface area contributed by atoms with Crippen molar-refractivity contribution in [3.05, 3.63) is 41.7 Å². The molecular formula is C13H13BrN6. The fraction of sp³-hybridized carbons (Fsp3) is 0.231. The highest BCUT2D eigenvalue weighted by Gasteiger charge is 2.08. The van der Waals surface area contributed by atoms with E-state index >= 15 is 0 Å². The highest BCUT2D eigenvalue weighted by atomic mass is 79.9. The third kappa shape index (κ3) is 2.77. The fourth-order valence-corrected chi connectivity index (χ4v) is 2.36. The monoisotopic (exact) mass is 332 g/mol. The van der Waals surface area contributed by atoms with Crippen LogP contribution in [0.4, 0.5) is 5.69 Å². The first kappa shape index (κ1) is 13.0. The summed E-state index contributed by atoms with van der Waals surface area (Å²) in [5, 5.41) is 7.54. The SMILES string of the molecule is C[C@H](Cn1cncn1)Nc1ccnc2cc(Br)cnc12. The number of nitrogens with one attached hydrogen (secondary N) is 1. The van der Waals surface area contributed by atoms with Gasteiger partial charge in [0.15, 0.2) is 0 Å². The highest BCUT2D eigenvalue weighted by Crippen LogP contribution is 2.22. The number of anilines is 1. The molecule has 0 saturated carbocycles. The van der Waals surface area contributed by atoms with E-state index in [-0.39, 0.29) is 6.04 Å². The first-order chi connectivity index (χ1) is 9.72. The van der Waals surface area contributed by atoms with Gasteiger partial charge in [0.1, 0.15) is 18.2 Å². The second kappa shape index (κ2) is 5.54. The van der Waals surface area contributed by atoms with Crippen LogP contribution in [0.15, 0.2) is 41.7 Å². The lowest BCUT2D eigenvalue weighted by atomic mass is 10.2. The van der Waals surface area contributed by atoms with E-state index in [9.17, 15) is 0 Å². The van der Waals surface area contributed by atoms with Gasteiger partial charge >= 0.3 is 0 Å². The van der Waals surface area contributed by atoms with E-state index in [0.29, 0.717) is 0 Å². The summed E-state index contributed by atoms with van der Waals surface area (Å²) < 4.78 is 2.72. The van der Waals surface area contributed by atoms with Crippen molar-refractivity contribution in [3.63, 3.8) is 0 Å². The first-order valence-electron chi connectivity index (χ1n) is 6.21. The van der Waals surface area contributed by atoms with Gasteiger partial charge in [-0.25, -0.2) is 4.98 Å². The van der Waals surface area contributed by atoms with Crippen LogP contribution in [0, 0.1) is 0 Å². The molecule has 3 aromatic rings. The van der Waals surface area contributed by atoms with Crippen molar-refractivity contribution in [1.82, 2.24) is 24.7 Å². The van der Waals surface area contributed by atoms with Gasteiger partial charge in [0.2, 0.25) is 0 Å². The maximum Gasteiger partial charge on any atom is 0.137 e. The molecule has 3 rings (SSSR count). The van der Waals surface area contributed by atoms with Crippen molar-refractivity contribution in [1.29, 1.82) is 0 Å². The van der Waals surface area contributed by atoms with E-state index in [1.807, 2.05) is 12.1 Å². The van der Waals surface area contributed by atoms with E-state index in [1.54, 1.807) is 23.4 Å². The van der Waals surface area contributed by atoms with Gasteiger partial charge in [-0.3, -0.25) is 14.6 Å². The highest BCUT2D eigenvalue weighted by molar-refractivity contribution is 9.10. The van der Waals surface area contributed by atoms with Gasteiger partial charge in [-0.2, -0.15) is 5.10 Å². The zero-order chi connectivity index (χ0) is 13.9. The molecule has 0 amide bonds. The summed E-state index contributed by atoms with van der Waals surface area (Å²) in [5.74, 6) is 0. The molecule has 0 unspecified atom stereocenters. The van der Waals surface area contributed by atoms with Crippen molar-refractivity contribution in [2.75, 3.05) is 5.32 Å². The molecule has 0 aliphatic carbocycles. The first-order valence-corrected chi connectivity index (χ1v) is 7.01. The molecule has 3 aromatic heterocycles. The van der Waals surface area contributed by atoms with Gasteiger partial charge in [-0.05, 0) is 35.0 Å². The molecule has 3 heterocycles. The summed E-state index contributed by atoms with van der Waals surface area (Å²) in [4.78, 5) is 12.7. The molecule has 7 heteroatoms. The van der Waals surface area contributed by atoms with Crippen LogP contribution >= 0.6 is 15.9 Å². The molecule has 0 aliphatic rings. The van der Waals surface area contributed by atoms with Crippen LogP contribution < -0.4 is 5.32 Å². The van der Waals surface area contributed by atoms with Crippen molar-refractivity contribution in [2.24, 2.45) is 0 Å². The average molecular weight is 333 g/mol. The predicted molar refractivity (Wildman–Crippen MR) is 80.3 cm³/mol. The quantitative estimate of drug-likeness (QED) is 0.794. The Morgan fingerprint density at radius 1 is 1.40 bits per heavy atom. The molecule has 102 valence electrons. The fourth-order valence-electron chi connectivity index (χ4n) is 2.04. The van der Waals surface area contributed by atoms with Crippen molar-refractivity contribution >= 4 is 32.7 Å². The van der Waals surface area contributed by atoms with E-state index in [0.717, 1.165) is 27.7 Å². The van der Waals surface area contributed by atoms with Crippen molar-refractivity contribution in [3.8, 4) is 0 Å². The lowest BCUT2D eigenvalue weighted by molar-refractivity contribution is 0.560. The number of fused-ring (bicyclic) bond motifs is 1. The van der Waals surface area contributed by atoms with E-state index in [2.05, 4.69) is 48.2 Å². The third-order valence-electron chi connectivity index (χ3n) is 2.87. The Kier molecular flexibility index (Phi) is 3.60. The smallest absolute Gasteiger partial charge is 0.137 e. The van der Waals surface area contributed by atoms with Gasteiger partial charge in [0.05, 0.1) is 17.7 Å². The zero-order valence-electron chi connectivity index (χ0n) is 10.9. The van der Waals surface area contributed by atoms with Crippen LogP contribution in [0.1, 0.15) is 6.92 Å². The lowest BCUT2D eigenvalue weighted by Gasteiger charge is -2.16.